The number of aryl methyl sites for hydroxylation is 1. The lowest BCUT2D eigenvalue weighted by Crippen LogP contribution is -1.99. The second kappa shape index (κ2) is 5.32. The third kappa shape index (κ3) is 2.15. The highest BCUT2D eigenvalue weighted by Gasteiger charge is 2.15. The van der Waals surface area contributed by atoms with Crippen molar-refractivity contribution in [3.8, 4) is 17.2 Å². The first-order valence-corrected chi connectivity index (χ1v) is 7.63. The first kappa shape index (κ1) is 14.2. The van der Waals surface area contributed by atoms with Gasteiger partial charge < -0.3 is 5.73 Å². The summed E-state index contributed by atoms with van der Waals surface area (Å²) in [6.07, 6.45) is 0. The molecule has 4 aromatic rings. The number of nitrogens with two attached hydrogens (primary N) is 1. The SMILES string of the molecule is Cc1ccc(-c2cc3nc4ccccc4nc3c(N)c2C#N)cc1. The normalized spacial score (nSPS) is 10.8. The minimum absolute atomic E-state index is 0.379. The van der Waals surface area contributed by atoms with Crippen LogP contribution in [0.1, 0.15) is 11.1 Å². The molecule has 0 aliphatic carbocycles. The fourth-order valence-corrected chi connectivity index (χ4v) is 2.87. The molecule has 114 valence electrons. The molecule has 0 aliphatic heterocycles. The van der Waals surface area contributed by atoms with Gasteiger partial charge in [0, 0.05) is 5.56 Å². The van der Waals surface area contributed by atoms with Gasteiger partial charge in [0.15, 0.2) is 0 Å². The smallest absolute Gasteiger partial charge is 0.114 e. The summed E-state index contributed by atoms with van der Waals surface area (Å²) in [4.78, 5) is 9.26. The summed E-state index contributed by atoms with van der Waals surface area (Å²) in [7, 11) is 0. The van der Waals surface area contributed by atoms with E-state index in [1.54, 1.807) is 0 Å². The van der Waals surface area contributed by atoms with Gasteiger partial charge in [-0.1, -0.05) is 42.0 Å². The number of fused-ring (bicyclic) bond motifs is 2. The van der Waals surface area contributed by atoms with Crippen LogP contribution in [0.2, 0.25) is 0 Å². The monoisotopic (exact) mass is 310 g/mol. The number of hydrogen-bond acceptors (Lipinski definition) is 4. The van der Waals surface area contributed by atoms with Gasteiger partial charge in [0.05, 0.1) is 27.8 Å². The molecular formula is C20H14N4. The number of hydrogen-bond donors (Lipinski definition) is 1. The zero-order valence-electron chi connectivity index (χ0n) is 13.1. The van der Waals surface area contributed by atoms with Gasteiger partial charge in [0.2, 0.25) is 0 Å². The zero-order valence-corrected chi connectivity index (χ0v) is 13.1. The van der Waals surface area contributed by atoms with Crippen molar-refractivity contribution in [2.75, 3.05) is 5.73 Å². The van der Waals surface area contributed by atoms with E-state index in [-0.39, 0.29) is 0 Å². The minimum atomic E-state index is 0.379. The number of nitriles is 1. The van der Waals surface area contributed by atoms with Crippen LogP contribution in [0.3, 0.4) is 0 Å². The molecule has 0 fully saturated rings. The Kier molecular flexibility index (Phi) is 3.14. The van der Waals surface area contributed by atoms with Crippen LogP contribution in [0.25, 0.3) is 33.2 Å². The lowest BCUT2D eigenvalue weighted by Gasteiger charge is -2.11. The summed E-state index contributed by atoms with van der Waals surface area (Å²) < 4.78 is 0. The third-order valence-corrected chi connectivity index (χ3v) is 4.15. The van der Waals surface area contributed by atoms with Crippen LogP contribution in [0.15, 0.2) is 54.6 Å². The van der Waals surface area contributed by atoms with Gasteiger partial charge >= 0.3 is 0 Å². The maximum absolute atomic E-state index is 9.61. The van der Waals surface area contributed by atoms with E-state index in [4.69, 9.17) is 5.73 Å². The van der Waals surface area contributed by atoms with Crippen molar-refractivity contribution in [1.29, 1.82) is 5.26 Å². The summed E-state index contributed by atoms with van der Waals surface area (Å²) >= 11 is 0. The summed E-state index contributed by atoms with van der Waals surface area (Å²) in [5.41, 5.74) is 12.8. The average molecular weight is 310 g/mol. The van der Waals surface area contributed by atoms with E-state index in [0.29, 0.717) is 22.3 Å². The van der Waals surface area contributed by atoms with Crippen molar-refractivity contribution in [2.45, 2.75) is 6.92 Å². The van der Waals surface area contributed by atoms with Crippen LogP contribution in [0, 0.1) is 18.3 Å². The minimum Gasteiger partial charge on any atom is -0.396 e. The van der Waals surface area contributed by atoms with Crippen molar-refractivity contribution >= 4 is 27.8 Å². The van der Waals surface area contributed by atoms with E-state index < -0.39 is 0 Å². The molecule has 0 amide bonds. The van der Waals surface area contributed by atoms with Crippen molar-refractivity contribution in [2.24, 2.45) is 0 Å². The topological polar surface area (TPSA) is 75.6 Å². The maximum atomic E-state index is 9.61. The Labute approximate surface area is 139 Å². The molecule has 0 aliphatic rings. The van der Waals surface area contributed by atoms with Crippen molar-refractivity contribution < 1.29 is 0 Å². The van der Waals surface area contributed by atoms with Gasteiger partial charge in [-0.2, -0.15) is 5.26 Å². The van der Waals surface area contributed by atoms with Crippen LogP contribution < -0.4 is 5.73 Å². The van der Waals surface area contributed by atoms with Crippen LogP contribution in [-0.2, 0) is 0 Å². The van der Waals surface area contributed by atoms with Gasteiger partial charge in [-0.3, -0.25) is 0 Å². The molecule has 0 saturated heterocycles. The Hall–Kier alpha value is -3.45. The van der Waals surface area contributed by atoms with Crippen molar-refractivity contribution in [3.63, 3.8) is 0 Å². The molecule has 4 rings (SSSR count). The first-order valence-electron chi connectivity index (χ1n) is 7.63. The molecule has 0 saturated carbocycles. The Morgan fingerprint density at radius 3 is 2.25 bits per heavy atom. The number of nitrogen functional groups attached to an aromatic ring is 1. The fraction of sp³-hybridized carbons (Fsp3) is 0.0500. The molecule has 0 unspecified atom stereocenters. The van der Waals surface area contributed by atoms with Crippen LogP contribution >= 0.6 is 0 Å². The number of anilines is 1. The van der Waals surface area contributed by atoms with Gasteiger partial charge in [0.1, 0.15) is 11.6 Å². The van der Waals surface area contributed by atoms with Gasteiger partial charge in [0.25, 0.3) is 0 Å². The Morgan fingerprint density at radius 1 is 0.917 bits per heavy atom. The van der Waals surface area contributed by atoms with Crippen LogP contribution in [0.4, 0.5) is 5.69 Å². The highest BCUT2D eigenvalue weighted by Crippen LogP contribution is 2.33. The van der Waals surface area contributed by atoms with E-state index in [1.807, 2.05) is 61.5 Å². The standard InChI is InChI=1S/C20H14N4/c1-12-6-8-13(9-7-12)14-10-18-20(19(22)15(14)11-21)24-17-5-3-2-4-16(17)23-18/h2-10H,22H2,1H3. The molecule has 4 nitrogen and oxygen atoms in total. The lowest BCUT2D eigenvalue weighted by atomic mass is 9.97. The van der Waals surface area contributed by atoms with Crippen molar-refractivity contribution in [1.82, 2.24) is 9.97 Å². The van der Waals surface area contributed by atoms with Crippen molar-refractivity contribution in [3.05, 3.63) is 65.7 Å². The number of nitrogens with zero attached hydrogens (tertiary/aromatic N) is 3. The Bertz CT molecular complexity index is 1120. The largest absolute Gasteiger partial charge is 0.396 e. The molecular weight excluding hydrogens is 296 g/mol. The molecule has 1 heterocycles. The van der Waals surface area contributed by atoms with E-state index in [9.17, 15) is 5.26 Å². The molecule has 4 heteroatoms. The molecule has 3 aromatic carbocycles. The second-order valence-electron chi connectivity index (χ2n) is 5.77. The van der Waals surface area contributed by atoms with Gasteiger partial charge in [-0.05, 0) is 30.7 Å². The van der Waals surface area contributed by atoms with Gasteiger partial charge in [-0.15, -0.1) is 0 Å². The fourth-order valence-electron chi connectivity index (χ4n) is 2.87. The summed E-state index contributed by atoms with van der Waals surface area (Å²) in [5.74, 6) is 0. The summed E-state index contributed by atoms with van der Waals surface area (Å²) in [6.45, 7) is 2.03. The molecule has 0 radical (unpaired) electrons. The lowest BCUT2D eigenvalue weighted by molar-refractivity contribution is 1.38. The maximum Gasteiger partial charge on any atom is 0.114 e. The first-order chi connectivity index (χ1) is 11.7. The molecule has 0 spiro atoms. The van der Waals surface area contributed by atoms with Gasteiger partial charge in [-0.25, -0.2) is 9.97 Å². The van der Waals surface area contributed by atoms with Crippen LogP contribution in [0.5, 0.6) is 0 Å². The summed E-state index contributed by atoms with van der Waals surface area (Å²) in [6, 6.07) is 19.8. The van der Waals surface area contributed by atoms with E-state index >= 15 is 0 Å². The second-order valence-corrected chi connectivity index (χ2v) is 5.77. The predicted molar refractivity (Wildman–Crippen MR) is 96.3 cm³/mol. The third-order valence-electron chi connectivity index (χ3n) is 4.15. The molecule has 2 N–H and O–H groups in total. The number of rotatable bonds is 1. The zero-order chi connectivity index (χ0) is 16.7. The molecule has 0 atom stereocenters. The summed E-state index contributed by atoms with van der Waals surface area (Å²) in [5, 5.41) is 9.61. The number of aromatic nitrogens is 2. The molecule has 0 bridgehead atoms. The van der Waals surface area contributed by atoms with E-state index in [2.05, 4.69) is 16.0 Å². The Morgan fingerprint density at radius 2 is 1.58 bits per heavy atom. The number of benzene rings is 3. The quantitative estimate of drug-likeness (QED) is 0.422. The van der Waals surface area contributed by atoms with Crippen LogP contribution in [-0.4, -0.2) is 9.97 Å². The van der Waals surface area contributed by atoms with E-state index in [0.717, 1.165) is 27.7 Å². The highest BCUT2D eigenvalue weighted by atomic mass is 14.8. The number of para-hydroxylation sites is 2. The van der Waals surface area contributed by atoms with E-state index in [1.165, 1.54) is 0 Å². The predicted octanol–water partition coefficient (Wildman–Crippen LogP) is 4.21. The average Bonchev–Trinajstić information content (AvgIpc) is 2.61. The Balaban J connectivity index is 2.08. The molecule has 24 heavy (non-hydrogen) atoms. The molecule has 1 aromatic heterocycles. The highest BCUT2D eigenvalue weighted by molar-refractivity contribution is 5.99.